The minimum absolute atomic E-state index is 0.0890. The Hall–Kier alpha value is -3.94. The molecule has 0 radical (unpaired) electrons. The van der Waals surface area contributed by atoms with E-state index >= 15 is 4.39 Å². The topological polar surface area (TPSA) is 81.7 Å². The Labute approximate surface area is 233 Å². The summed E-state index contributed by atoms with van der Waals surface area (Å²) < 4.78 is 30.2. The highest BCUT2D eigenvalue weighted by atomic mass is 19.1. The molecule has 40 heavy (non-hydrogen) atoms. The summed E-state index contributed by atoms with van der Waals surface area (Å²) in [6.07, 6.45) is 4.52. The lowest BCUT2D eigenvalue weighted by Crippen LogP contribution is -2.42. The van der Waals surface area contributed by atoms with E-state index in [1.54, 1.807) is 12.1 Å². The van der Waals surface area contributed by atoms with Gasteiger partial charge in [-0.15, -0.1) is 0 Å². The fourth-order valence-corrected chi connectivity index (χ4v) is 6.35. The molecule has 2 bridgehead atoms. The predicted octanol–water partition coefficient (Wildman–Crippen LogP) is 7.93. The third kappa shape index (κ3) is 5.81. The number of hydrogen-bond donors (Lipinski definition) is 3. The lowest BCUT2D eigenvalue weighted by Gasteiger charge is -2.39. The number of anilines is 3. The molecule has 8 heteroatoms. The van der Waals surface area contributed by atoms with E-state index in [-0.39, 0.29) is 28.7 Å². The summed E-state index contributed by atoms with van der Waals surface area (Å²) in [5, 5.41) is 15.4. The largest absolute Gasteiger partial charge is 0.478 e. The zero-order valence-corrected chi connectivity index (χ0v) is 23.0. The maximum atomic E-state index is 15.9. The number of aryl methyl sites for hydroxylation is 1. The smallest absolute Gasteiger partial charge is 0.336 e. The molecule has 2 amide bonds. The Morgan fingerprint density at radius 2 is 1.73 bits per heavy atom. The Bertz CT molecular complexity index is 1420. The van der Waals surface area contributed by atoms with Crippen LogP contribution in [0.3, 0.4) is 0 Å². The van der Waals surface area contributed by atoms with Gasteiger partial charge in [0.2, 0.25) is 0 Å². The minimum atomic E-state index is -1.30. The third-order valence-electron chi connectivity index (χ3n) is 8.12. The van der Waals surface area contributed by atoms with Crippen LogP contribution in [0.15, 0.2) is 54.6 Å². The number of benzene rings is 3. The quantitative estimate of drug-likeness (QED) is 0.267. The van der Waals surface area contributed by atoms with Crippen LogP contribution >= 0.6 is 0 Å². The van der Waals surface area contributed by atoms with Gasteiger partial charge in [0, 0.05) is 29.4 Å². The van der Waals surface area contributed by atoms with Crippen LogP contribution < -0.4 is 15.5 Å². The van der Waals surface area contributed by atoms with Gasteiger partial charge in [-0.05, 0) is 86.4 Å². The van der Waals surface area contributed by atoms with E-state index in [0.29, 0.717) is 35.4 Å². The first-order valence-electron chi connectivity index (χ1n) is 13.9. The fourth-order valence-electron chi connectivity index (χ4n) is 6.35. The molecule has 2 aliphatic carbocycles. The Kier molecular flexibility index (Phi) is 7.79. The molecular weight excluding hydrogens is 512 g/mol. The van der Waals surface area contributed by atoms with E-state index in [1.807, 2.05) is 19.1 Å². The van der Waals surface area contributed by atoms with Crippen LogP contribution in [0.2, 0.25) is 0 Å². The van der Waals surface area contributed by atoms with Crippen LogP contribution in [-0.4, -0.2) is 29.7 Å². The van der Waals surface area contributed by atoms with Crippen LogP contribution in [0.5, 0.6) is 0 Å². The summed E-state index contributed by atoms with van der Waals surface area (Å²) in [6, 6.07) is 13.0. The van der Waals surface area contributed by atoms with Crippen molar-refractivity contribution in [2.45, 2.75) is 52.5 Å². The van der Waals surface area contributed by atoms with Gasteiger partial charge in [0.25, 0.3) is 0 Å². The number of halogens is 2. The van der Waals surface area contributed by atoms with Gasteiger partial charge in [0.1, 0.15) is 11.6 Å². The number of hydrogen-bond acceptors (Lipinski definition) is 3. The zero-order valence-electron chi connectivity index (χ0n) is 23.0. The summed E-state index contributed by atoms with van der Waals surface area (Å²) in [5.41, 5.74) is 2.12. The molecule has 6 nitrogen and oxygen atoms in total. The first kappa shape index (κ1) is 27.6. The first-order valence-corrected chi connectivity index (χ1v) is 13.9. The van der Waals surface area contributed by atoms with Gasteiger partial charge in [-0.1, -0.05) is 38.0 Å². The van der Waals surface area contributed by atoms with Gasteiger partial charge in [0.15, 0.2) is 0 Å². The molecule has 0 spiro atoms. The number of carboxylic acid groups (broad SMARTS) is 1. The molecule has 3 N–H and O–H groups in total. The molecule has 2 fully saturated rings. The third-order valence-corrected chi connectivity index (χ3v) is 8.12. The Morgan fingerprint density at radius 1 is 0.975 bits per heavy atom. The number of fused-ring (bicyclic) bond motifs is 2. The molecule has 2 saturated carbocycles. The number of urea groups is 1. The van der Waals surface area contributed by atoms with Gasteiger partial charge in [-0.3, -0.25) is 0 Å². The summed E-state index contributed by atoms with van der Waals surface area (Å²) >= 11 is 0. The number of aromatic carboxylic acids is 1. The summed E-state index contributed by atoms with van der Waals surface area (Å²) in [6.45, 7) is 6.83. The standard InChI is InChI=1S/C32H35F2N3O3/c1-18(2)17-37(29-13-20-6-7-21(29)12-20)30-16-27(34)26(25-14-22(33)8-11-24(25)31(38)39)15-28(30)36-32(40)35-23-9-4-19(3)5-10-23/h4-5,8-11,14-16,18,20-21,29H,6-7,12-13,17H2,1-3H3,(H,38,39)(H2,35,36,40)/t20-,21+,29?/m0/s1. The SMILES string of the molecule is Cc1ccc(NC(=O)Nc2cc(-c3cc(F)ccc3C(=O)O)c(F)cc2N(CC(C)C)C2C[C@H]3CC[C@@H]2C3)cc1. The lowest BCUT2D eigenvalue weighted by atomic mass is 9.92. The second-order valence-electron chi connectivity index (χ2n) is 11.6. The number of nitrogens with one attached hydrogen (secondary N) is 2. The van der Waals surface area contributed by atoms with Gasteiger partial charge in [-0.2, -0.15) is 0 Å². The van der Waals surface area contributed by atoms with Gasteiger partial charge in [-0.25, -0.2) is 18.4 Å². The van der Waals surface area contributed by atoms with Crippen molar-refractivity contribution in [3.63, 3.8) is 0 Å². The average molecular weight is 548 g/mol. The normalized spacial score (nSPS) is 19.6. The maximum absolute atomic E-state index is 15.9. The molecule has 3 atom stereocenters. The molecule has 210 valence electrons. The number of carboxylic acids is 1. The van der Waals surface area contributed by atoms with E-state index < -0.39 is 23.6 Å². The second kappa shape index (κ2) is 11.3. The minimum Gasteiger partial charge on any atom is -0.478 e. The van der Waals surface area contributed by atoms with Crippen molar-refractivity contribution >= 4 is 29.1 Å². The number of carbonyl (C=O) groups is 2. The molecule has 5 rings (SSSR count). The van der Waals surface area contributed by atoms with E-state index in [2.05, 4.69) is 29.4 Å². The van der Waals surface area contributed by atoms with E-state index in [1.165, 1.54) is 18.6 Å². The molecule has 0 saturated heterocycles. The van der Waals surface area contributed by atoms with Gasteiger partial charge in [0.05, 0.1) is 16.9 Å². The Balaban J connectivity index is 1.60. The molecular formula is C32H35F2N3O3. The van der Waals surface area contributed by atoms with Gasteiger partial charge >= 0.3 is 12.0 Å². The molecule has 3 aromatic carbocycles. The second-order valence-corrected chi connectivity index (χ2v) is 11.6. The molecule has 2 aliphatic rings. The van der Waals surface area contributed by atoms with Crippen LogP contribution in [0, 0.1) is 36.3 Å². The molecule has 1 unspecified atom stereocenters. The van der Waals surface area contributed by atoms with Crippen molar-refractivity contribution in [3.8, 4) is 11.1 Å². The van der Waals surface area contributed by atoms with Crippen LogP contribution in [0.4, 0.5) is 30.6 Å². The first-order chi connectivity index (χ1) is 19.1. The number of amides is 2. The van der Waals surface area contributed by atoms with Crippen LogP contribution in [-0.2, 0) is 0 Å². The summed E-state index contributed by atoms with van der Waals surface area (Å²) in [7, 11) is 0. The highest BCUT2D eigenvalue weighted by molar-refractivity contribution is 6.03. The monoisotopic (exact) mass is 547 g/mol. The zero-order chi connectivity index (χ0) is 28.6. The fraction of sp³-hybridized carbons (Fsp3) is 0.375. The molecule has 0 aromatic heterocycles. The Morgan fingerprint density at radius 3 is 2.35 bits per heavy atom. The van der Waals surface area contributed by atoms with E-state index in [9.17, 15) is 19.1 Å². The number of rotatable bonds is 8. The maximum Gasteiger partial charge on any atom is 0.336 e. The van der Waals surface area contributed by atoms with E-state index in [4.69, 9.17) is 0 Å². The highest BCUT2D eigenvalue weighted by Crippen LogP contribution is 2.49. The number of nitrogens with zero attached hydrogens (tertiary/aromatic N) is 1. The average Bonchev–Trinajstić information content (AvgIpc) is 3.53. The van der Waals surface area contributed by atoms with Crippen molar-refractivity contribution in [2.24, 2.45) is 17.8 Å². The van der Waals surface area contributed by atoms with Crippen molar-refractivity contribution in [3.05, 3.63) is 77.4 Å². The van der Waals surface area contributed by atoms with Gasteiger partial charge < -0.3 is 20.6 Å². The molecule has 3 aromatic rings. The van der Waals surface area contributed by atoms with Crippen molar-refractivity contribution in [1.29, 1.82) is 0 Å². The highest BCUT2D eigenvalue weighted by Gasteiger charge is 2.43. The molecule has 0 heterocycles. The summed E-state index contributed by atoms with van der Waals surface area (Å²) in [4.78, 5) is 27.3. The van der Waals surface area contributed by atoms with Crippen LogP contribution in [0.25, 0.3) is 11.1 Å². The van der Waals surface area contributed by atoms with Crippen molar-refractivity contribution in [2.75, 3.05) is 22.1 Å². The van der Waals surface area contributed by atoms with Crippen molar-refractivity contribution in [1.82, 2.24) is 0 Å². The predicted molar refractivity (Wildman–Crippen MR) is 154 cm³/mol. The van der Waals surface area contributed by atoms with Crippen LogP contribution in [0.1, 0.15) is 55.5 Å². The lowest BCUT2D eigenvalue weighted by molar-refractivity contribution is 0.0697. The molecule has 0 aliphatic heterocycles. The number of carbonyl (C=O) groups excluding carboxylic acids is 1. The van der Waals surface area contributed by atoms with E-state index in [0.717, 1.165) is 43.0 Å². The van der Waals surface area contributed by atoms with Crippen molar-refractivity contribution < 1.29 is 23.5 Å². The summed E-state index contributed by atoms with van der Waals surface area (Å²) in [5.74, 6) is -1.22.